The van der Waals surface area contributed by atoms with Crippen LogP contribution in [0.5, 0.6) is 0 Å². The van der Waals surface area contributed by atoms with Crippen molar-refractivity contribution in [3.8, 4) is 0 Å². The van der Waals surface area contributed by atoms with Crippen LogP contribution in [0.15, 0.2) is 12.4 Å². The van der Waals surface area contributed by atoms with Crippen molar-refractivity contribution in [1.82, 2.24) is 9.97 Å². The van der Waals surface area contributed by atoms with E-state index in [0.717, 1.165) is 12.4 Å². The highest BCUT2D eigenvalue weighted by Crippen LogP contribution is 2.31. The number of hydrogen-bond donors (Lipinski definition) is 0. The summed E-state index contributed by atoms with van der Waals surface area (Å²) in [5, 5.41) is 0.474. The van der Waals surface area contributed by atoms with Crippen LogP contribution in [0.3, 0.4) is 0 Å². The van der Waals surface area contributed by atoms with Gasteiger partial charge in [-0.1, -0.05) is 25.4 Å². The Morgan fingerprint density at radius 1 is 1.47 bits per heavy atom. The molecule has 0 N–H and O–H groups in total. The summed E-state index contributed by atoms with van der Waals surface area (Å²) in [6.07, 6.45) is 5.90. The molecule has 0 unspecified atom stereocenters. The van der Waals surface area contributed by atoms with Crippen molar-refractivity contribution in [2.75, 3.05) is 11.4 Å². The van der Waals surface area contributed by atoms with Crippen molar-refractivity contribution < 1.29 is 0 Å². The molecule has 1 aliphatic carbocycles. The summed E-state index contributed by atoms with van der Waals surface area (Å²) in [4.78, 5) is 10.7. The lowest BCUT2D eigenvalue weighted by Crippen LogP contribution is -2.30. The number of rotatable bonds is 4. The molecule has 0 spiro atoms. The Labute approximate surface area is 95.5 Å². The summed E-state index contributed by atoms with van der Waals surface area (Å²) >= 11 is 5.85. The SMILES string of the molecule is CC(C)CN(c1cncc(Cl)n1)C1CC1. The Kier molecular flexibility index (Phi) is 3.10. The van der Waals surface area contributed by atoms with E-state index >= 15 is 0 Å². The molecule has 0 aromatic carbocycles. The molecule has 1 fully saturated rings. The van der Waals surface area contributed by atoms with Gasteiger partial charge in [0, 0.05) is 12.6 Å². The molecule has 2 rings (SSSR count). The highest BCUT2D eigenvalue weighted by Gasteiger charge is 2.30. The van der Waals surface area contributed by atoms with E-state index in [1.807, 2.05) is 0 Å². The van der Waals surface area contributed by atoms with Gasteiger partial charge in [-0.25, -0.2) is 4.98 Å². The molecule has 0 atom stereocenters. The van der Waals surface area contributed by atoms with E-state index in [1.165, 1.54) is 12.8 Å². The van der Waals surface area contributed by atoms with Crippen LogP contribution in [0.25, 0.3) is 0 Å². The van der Waals surface area contributed by atoms with Crippen molar-refractivity contribution in [3.05, 3.63) is 17.5 Å². The molecule has 0 bridgehead atoms. The van der Waals surface area contributed by atoms with Crippen molar-refractivity contribution in [3.63, 3.8) is 0 Å². The predicted octanol–water partition coefficient (Wildman–Crippen LogP) is 2.75. The first-order valence-electron chi connectivity index (χ1n) is 5.41. The summed E-state index contributed by atoms with van der Waals surface area (Å²) in [6.45, 7) is 5.46. The van der Waals surface area contributed by atoms with Crippen LogP contribution in [0.4, 0.5) is 5.82 Å². The minimum atomic E-state index is 0.474. The molecule has 0 saturated heterocycles. The minimum Gasteiger partial charge on any atom is -0.352 e. The topological polar surface area (TPSA) is 29.0 Å². The largest absolute Gasteiger partial charge is 0.352 e. The van der Waals surface area contributed by atoms with Crippen molar-refractivity contribution in [1.29, 1.82) is 0 Å². The average molecular weight is 226 g/mol. The Bertz CT molecular complexity index is 336. The van der Waals surface area contributed by atoms with E-state index in [4.69, 9.17) is 11.6 Å². The van der Waals surface area contributed by atoms with Crippen LogP contribution in [-0.4, -0.2) is 22.6 Å². The lowest BCUT2D eigenvalue weighted by Gasteiger charge is -2.25. The van der Waals surface area contributed by atoms with Gasteiger partial charge < -0.3 is 4.90 Å². The van der Waals surface area contributed by atoms with Crippen LogP contribution in [-0.2, 0) is 0 Å². The molecule has 3 nitrogen and oxygen atoms in total. The highest BCUT2D eigenvalue weighted by molar-refractivity contribution is 6.29. The van der Waals surface area contributed by atoms with E-state index in [2.05, 4.69) is 28.7 Å². The van der Waals surface area contributed by atoms with Crippen LogP contribution >= 0.6 is 11.6 Å². The van der Waals surface area contributed by atoms with Crippen molar-refractivity contribution in [2.24, 2.45) is 5.92 Å². The Hall–Kier alpha value is -0.830. The van der Waals surface area contributed by atoms with E-state index in [-0.39, 0.29) is 0 Å². The molecule has 1 aliphatic rings. The number of aromatic nitrogens is 2. The molecule has 1 saturated carbocycles. The highest BCUT2D eigenvalue weighted by atomic mass is 35.5. The molecule has 0 radical (unpaired) electrons. The zero-order chi connectivity index (χ0) is 10.8. The van der Waals surface area contributed by atoms with E-state index in [1.54, 1.807) is 12.4 Å². The third-order valence-corrected chi connectivity index (χ3v) is 2.62. The second kappa shape index (κ2) is 4.35. The average Bonchev–Trinajstić information content (AvgIpc) is 2.97. The maximum absolute atomic E-state index is 5.85. The second-order valence-corrected chi connectivity index (χ2v) is 4.86. The third-order valence-electron chi connectivity index (χ3n) is 2.44. The standard InChI is InChI=1S/C11H16ClN3/c1-8(2)7-15(9-3-4-9)11-6-13-5-10(12)14-11/h5-6,8-9H,3-4,7H2,1-2H3. The fraction of sp³-hybridized carbons (Fsp3) is 0.636. The van der Waals surface area contributed by atoms with Gasteiger partial charge in [-0.2, -0.15) is 0 Å². The quantitative estimate of drug-likeness (QED) is 0.789. The summed E-state index contributed by atoms with van der Waals surface area (Å²) < 4.78 is 0. The van der Waals surface area contributed by atoms with Gasteiger partial charge >= 0.3 is 0 Å². The summed E-state index contributed by atoms with van der Waals surface area (Å²) in [5.74, 6) is 1.55. The molecule has 15 heavy (non-hydrogen) atoms. The number of hydrogen-bond acceptors (Lipinski definition) is 3. The van der Waals surface area contributed by atoms with E-state index < -0.39 is 0 Å². The van der Waals surface area contributed by atoms with Crippen LogP contribution < -0.4 is 4.90 Å². The zero-order valence-corrected chi connectivity index (χ0v) is 9.91. The summed E-state index contributed by atoms with van der Waals surface area (Å²) in [7, 11) is 0. The van der Waals surface area contributed by atoms with Gasteiger partial charge in [0.2, 0.25) is 0 Å². The van der Waals surface area contributed by atoms with Gasteiger partial charge in [0.25, 0.3) is 0 Å². The maximum atomic E-state index is 5.85. The van der Waals surface area contributed by atoms with Gasteiger partial charge in [-0.3, -0.25) is 4.98 Å². The third kappa shape index (κ3) is 2.81. The molecule has 82 valence electrons. The summed E-state index contributed by atoms with van der Waals surface area (Å²) in [6, 6.07) is 0.653. The monoisotopic (exact) mass is 225 g/mol. The lowest BCUT2D eigenvalue weighted by atomic mass is 10.2. The molecule has 1 aromatic rings. The van der Waals surface area contributed by atoms with Crippen LogP contribution in [0.1, 0.15) is 26.7 Å². The number of halogens is 1. The van der Waals surface area contributed by atoms with Crippen molar-refractivity contribution >= 4 is 17.4 Å². The second-order valence-electron chi connectivity index (χ2n) is 4.48. The van der Waals surface area contributed by atoms with Gasteiger partial charge in [0.15, 0.2) is 0 Å². The zero-order valence-electron chi connectivity index (χ0n) is 9.15. The number of nitrogens with zero attached hydrogens (tertiary/aromatic N) is 3. The minimum absolute atomic E-state index is 0.474. The molecule has 0 aliphatic heterocycles. The first-order chi connectivity index (χ1) is 7.16. The molecule has 1 heterocycles. The fourth-order valence-electron chi connectivity index (χ4n) is 1.68. The molecular formula is C11H16ClN3. The normalized spacial score (nSPS) is 15.7. The Morgan fingerprint density at radius 2 is 2.20 bits per heavy atom. The van der Waals surface area contributed by atoms with E-state index in [0.29, 0.717) is 17.1 Å². The van der Waals surface area contributed by atoms with E-state index in [9.17, 15) is 0 Å². The smallest absolute Gasteiger partial charge is 0.149 e. The maximum Gasteiger partial charge on any atom is 0.149 e. The van der Waals surface area contributed by atoms with Gasteiger partial charge in [0.1, 0.15) is 11.0 Å². The summed E-state index contributed by atoms with van der Waals surface area (Å²) in [5.41, 5.74) is 0. The predicted molar refractivity (Wildman–Crippen MR) is 62.2 cm³/mol. The van der Waals surface area contributed by atoms with Crippen LogP contribution in [0.2, 0.25) is 5.15 Å². The molecule has 4 heteroatoms. The molecular weight excluding hydrogens is 210 g/mol. The van der Waals surface area contributed by atoms with Gasteiger partial charge in [-0.15, -0.1) is 0 Å². The molecule has 0 amide bonds. The Morgan fingerprint density at radius 3 is 2.73 bits per heavy atom. The fourth-order valence-corrected chi connectivity index (χ4v) is 1.82. The first kappa shape index (κ1) is 10.7. The Balaban J connectivity index is 2.16. The first-order valence-corrected chi connectivity index (χ1v) is 5.79. The van der Waals surface area contributed by atoms with Gasteiger partial charge in [-0.05, 0) is 18.8 Å². The van der Waals surface area contributed by atoms with Crippen LogP contribution in [0, 0.1) is 5.92 Å². The molecule has 1 aromatic heterocycles. The van der Waals surface area contributed by atoms with Crippen molar-refractivity contribution in [2.45, 2.75) is 32.7 Å². The lowest BCUT2D eigenvalue weighted by molar-refractivity contribution is 0.602. The number of anilines is 1. The van der Waals surface area contributed by atoms with Gasteiger partial charge in [0.05, 0.1) is 12.4 Å².